The Labute approximate surface area is 85.4 Å². The number of aromatic nitrogens is 1. The van der Waals surface area contributed by atoms with E-state index in [0.717, 1.165) is 11.1 Å². The first kappa shape index (κ1) is 10.9. The Balaban J connectivity index is 2.95. The highest BCUT2D eigenvalue weighted by Gasteiger charge is 2.19. The van der Waals surface area contributed by atoms with Crippen LogP contribution in [0.15, 0.2) is 18.5 Å². The van der Waals surface area contributed by atoms with Gasteiger partial charge in [-0.15, -0.1) is 0 Å². The van der Waals surface area contributed by atoms with E-state index in [9.17, 15) is 4.79 Å². The van der Waals surface area contributed by atoms with E-state index in [0.29, 0.717) is 5.92 Å². The molecule has 0 radical (unpaired) electrons. The summed E-state index contributed by atoms with van der Waals surface area (Å²) in [6.45, 7) is 8.05. The molecule has 0 N–H and O–H groups in total. The molecule has 0 aliphatic rings. The fraction of sp³-hybridized carbons (Fsp3) is 0.500. The SMILES string of the molecule is Cc1ccncc1C(=O)C(C)C(C)C. The van der Waals surface area contributed by atoms with Crippen LogP contribution >= 0.6 is 0 Å². The van der Waals surface area contributed by atoms with E-state index in [1.54, 1.807) is 12.4 Å². The van der Waals surface area contributed by atoms with Crippen molar-refractivity contribution in [2.24, 2.45) is 11.8 Å². The first-order valence-electron chi connectivity index (χ1n) is 4.99. The van der Waals surface area contributed by atoms with Crippen molar-refractivity contribution < 1.29 is 4.79 Å². The molecule has 0 aliphatic carbocycles. The Morgan fingerprint density at radius 3 is 2.50 bits per heavy atom. The summed E-state index contributed by atoms with van der Waals surface area (Å²) < 4.78 is 0. The van der Waals surface area contributed by atoms with Crippen LogP contribution in [0.3, 0.4) is 0 Å². The van der Waals surface area contributed by atoms with Gasteiger partial charge < -0.3 is 0 Å². The Kier molecular flexibility index (Phi) is 3.39. The standard InChI is InChI=1S/C12H17NO/c1-8(2)10(4)12(14)11-7-13-6-5-9(11)3/h5-8,10H,1-4H3. The summed E-state index contributed by atoms with van der Waals surface area (Å²) in [4.78, 5) is 16.0. The quantitative estimate of drug-likeness (QED) is 0.688. The maximum Gasteiger partial charge on any atom is 0.167 e. The number of Topliss-reactive ketones (excluding diaryl/α,β-unsaturated/α-hetero) is 1. The van der Waals surface area contributed by atoms with Gasteiger partial charge in [0.05, 0.1) is 0 Å². The minimum atomic E-state index is 0.0675. The van der Waals surface area contributed by atoms with Gasteiger partial charge in [0.15, 0.2) is 5.78 Å². The molecule has 0 aromatic carbocycles. The molecule has 0 spiro atoms. The molecule has 0 bridgehead atoms. The molecule has 0 saturated heterocycles. The summed E-state index contributed by atoms with van der Waals surface area (Å²) in [6.07, 6.45) is 3.38. The van der Waals surface area contributed by atoms with Crippen molar-refractivity contribution in [3.8, 4) is 0 Å². The molecule has 1 aromatic rings. The Morgan fingerprint density at radius 1 is 1.36 bits per heavy atom. The third kappa shape index (κ3) is 2.19. The van der Waals surface area contributed by atoms with Gasteiger partial charge in [0.1, 0.15) is 0 Å². The lowest BCUT2D eigenvalue weighted by Gasteiger charge is -2.14. The Bertz CT molecular complexity index is 331. The van der Waals surface area contributed by atoms with Crippen LogP contribution in [0.25, 0.3) is 0 Å². The number of ketones is 1. The first-order valence-corrected chi connectivity index (χ1v) is 4.99. The number of pyridine rings is 1. The average Bonchev–Trinajstić information content (AvgIpc) is 2.16. The minimum Gasteiger partial charge on any atom is -0.294 e. The molecular formula is C12H17NO. The van der Waals surface area contributed by atoms with Crippen LogP contribution in [0.2, 0.25) is 0 Å². The van der Waals surface area contributed by atoms with Gasteiger partial charge in [-0.1, -0.05) is 20.8 Å². The van der Waals surface area contributed by atoms with Crippen molar-refractivity contribution in [1.82, 2.24) is 4.98 Å². The van der Waals surface area contributed by atoms with Crippen LogP contribution in [0.4, 0.5) is 0 Å². The molecule has 14 heavy (non-hydrogen) atoms. The van der Waals surface area contributed by atoms with Gasteiger partial charge in [-0.25, -0.2) is 0 Å². The molecule has 0 amide bonds. The molecule has 1 aromatic heterocycles. The summed E-state index contributed by atoms with van der Waals surface area (Å²) in [7, 11) is 0. The predicted molar refractivity (Wildman–Crippen MR) is 57.3 cm³/mol. The fourth-order valence-corrected chi connectivity index (χ4v) is 1.27. The van der Waals surface area contributed by atoms with Crippen molar-refractivity contribution in [2.45, 2.75) is 27.7 Å². The first-order chi connectivity index (χ1) is 6.54. The summed E-state index contributed by atoms with van der Waals surface area (Å²) in [5.74, 6) is 0.644. The smallest absolute Gasteiger partial charge is 0.167 e. The lowest BCUT2D eigenvalue weighted by molar-refractivity contribution is 0.0898. The number of nitrogens with zero attached hydrogens (tertiary/aromatic N) is 1. The largest absolute Gasteiger partial charge is 0.294 e. The number of carbonyl (C=O) groups excluding carboxylic acids is 1. The monoisotopic (exact) mass is 191 g/mol. The zero-order valence-corrected chi connectivity index (χ0v) is 9.24. The van der Waals surface area contributed by atoms with Crippen LogP contribution in [0, 0.1) is 18.8 Å². The zero-order chi connectivity index (χ0) is 10.7. The van der Waals surface area contributed by atoms with E-state index in [-0.39, 0.29) is 11.7 Å². The molecule has 0 fully saturated rings. The van der Waals surface area contributed by atoms with Crippen LogP contribution in [0.1, 0.15) is 36.7 Å². The van der Waals surface area contributed by atoms with Gasteiger partial charge >= 0.3 is 0 Å². The maximum absolute atomic E-state index is 12.0. The lowest BCUT2D eigenvalue weighted by atomic mass is 9.89. The topological polar surface area (TPSA) is 30.0 Å². The molecule has 1 rings (SSSR count). The molecule has 1 heterocycles. The molecular weight excluding hydrogens is 174 g/mol. The zero-order valence-electron chi connectivity index (χ0n) is 9.24. The van der Waals surface area contributed by atoms with Gasteiger partial charge in [-0.05, 0) is 24.5 Å². The second-order valence-electron chi connectivity index (χ2n) is 4.09. The third-order valence-corrected chi connectivity index (χ3v) is 2.72. The summed E-state index contributed by atoms with van der Waals surface area (Å²) in [5, 5.41) is 0. The Hall–Kier alpha value is -1.18. The second kappa shape index (κ2) is 4.36. The number of hydrogen-bond acceptors (Lipinski definition) is 2. The van der Waals surface area contributed by atoms with Crippen molar-refractivity contribution >= 4 is 5.78 Å². The van der Waals surface area contributed by atoms with E-state index in [2.05, 4.69) is 18.8 Å². The molecule has 2 heteroatoms. The van der Waals surface area contributed by atoms with Crippen molar-refractivity contribution in [1.29, 1.82) is 0 Å². The molecule has 2 nitrogen and oxygen atoms in total. The third-order valence-electron chi connectivity index (χ3n) is 2.72. The molecule has 1 unspecified atom stereocenters. The Morgan fingerprint density at radius 2 is 2.00 bits per heavy atom. The molecule has 76 valence electrons. The minimum absolute atomic E-state index is 0.0675. The summed E-state index contributed by atoms with van der Waals surface area (Å²) in [6, 6.07) is 1.88. The van der Waals surface area contributed by atoms with Gasteiger partial charge in [0.25, 0.3) is 0 Å². The van der Waals surface area contributed by atoms with Gasteiger partial charge in [0, 0.05) is 23.9 Å². The average molecular weight is 191 g/mol. The van der Waals surface area contributed by atoms with Crippen LogP contribution in [0.5, 0.6) is 0 Å². The molecule has 1 atom stereocenters. The number of carbonyl (C=O) groups is 1. The van der Waals surface area contributed by atoms with E-state index >= 15 is 0 Å². The van der Waals surface area contributed by atoms with Crippen LogP contribution < -0.4 is 0 Å². The maximum atomic E-state index is 12.0. The fourth-order valence-electron chi connectivity index (χ4n) is 1.27. The van der Waals surface area contributed by atoms with Crippen molar-refractivity contribution in [2.75, 3.05) is 0 Å². The van der Waals surface area contributed by atoms with Gasteiger partial charge in [-0.2, -0.15) is 0 Å². The van der Waals surface area contributed by atoms with Gasteiger partial charge in [0.2, 0.25) is 0 Å². The summed E-state index contributed by atoms with van der Waals surface area (Å²) >= 11 is 0. The van der Waals surface area contributed by atoms with Crippen LogP contribution in [-0.2, 0) is 0 Å². The van der Waals surface area contributed by atoms with E-state index < -0.39 is 0 Å². The van der Waals surface area contributed by atoms with E-state index in [4.69, 9.17) is 0 Å². The summed E-state index contributed by atoms with van der Waals surface area (Å²) in [5.41, 5.74) is 1.77. The highest BCUT2D eigenvalue weighted by Crippen LogP contribution is 2.18. The van der Waals surface area contributed by atoms with Gasteiger partial charge in [-0.3, -0.25) is 9.78 Å². The normalized spacial score (nSPS) is 12.9. The molecule has 0 saturated carbocycles. The van der Waals surface area contributed by atoms with Crippen molar-refractivity contribution in [3.05, 3.63) is 29.6 Å². The molecule has 0 aliphatic heterocycles. The number of hydrogen-bond donors (Lipinski definition) is 0. The highest BCUT2D eigenvalue weighted by molar-refractivity contribution is 5.98. The van der Waals surface area contributed by atoms with Crippen LogP contribution in [-0.4, -0.2) is 10.8 Å². The van der Waals surface area contributed by atoms with Crippen molar-refractivity contribution in [3.63, 3.8) is 0 Å². The number of aryl methyl sites for hydroxylation is 1. The van der Waals surface area contributed by atoms with E-state index in [1.807, 2.05) is 19.9 Å². The highest BCUT2D eigenvalue weighted by atomic mass is 16.1. The predicted octanol–water partition coefficient (Wildman–Crippen LogP) is 2.86. The lowest BCUT2D eigenvalue weighted by Crippen LogP contribution is -2.18. The van der Waals surface area contributed by atoms with E-state index in [1.165, 1.54) is 0 Å². The second-order valence-corrected chi connectivity index (χ2v) is 4.09. The number of rotatable bonds is 3.